The molecule has 160 valence electrons. The number of carboxylic acid groups (broad SMARTS) is 2. The number of aliphatic carboxylic acids is 2. The highest BCUT2D eigenvalue weighted by Crippen LogP contribution is 2.28. The monoisotopic (exact) mass is 396 g/mol. The average molecular weight is 396 g/mol. The fourth-order valence-corrected chi connectivity index (χ4v) is 2.07. The summed E-state index contributed by atoms with van der Waals surface area (Å²) in [4.78, 5) is 23.1. The minimum absolute atomic E-state index is 0.00757. The summed E-state index contributed by atoms with van der Waals surface area (Å²) in [6, 6.07) is 0. The van der Waals surface area contributed by atoms with E-state index in [1.54, 1.807) is 14.2 Å². The first-order valence-electron chi connectivity index (χ1n) is 8.77. The van der Waals surface area contributed by atoms with E-state index in [-0.39, 0.29) is 39.3 Å². The molecule has 2 N–H and O–H groups in total. The molecule has 10 heteroatoms. The van der Waals surface area contributed by atoms with Crippen molar-refractivity contribution in [3.63, 3.8) is 0 Å². The zero-order valence-corrected chi connectivity index (χ0v) is 16.1. The predicted octanol–water partition coefficient (Wildman–Crippen LogP) is 0.281. The summed E-state index contributed by atoms with van der Waals surface area (Å²) in [6.07, 6.45) is -0.327. The SMILES string of the molecule is COCCOCCOCCC(CCOCCOCCOC)(C(=O)O)C(=O)O. The molecule has 0 radical (unpaired) electrons. The Balaban J connectivity index is 4.14. The van der Waals surface area contributed by atoms with E-state index in [9.17, 15) is 19.8 Å². The highest BCUT2D eigenvalue weighted by Gasteiger charge is 2.45. The Labute approximate surface area is 159 Å². The van der Waals surface area contributed by atoms with E-state index in [1.807, 2.05) is 0 Å². The van der Waals surface area contributed by atoms with Crippen LogP contribution in [0.1, 0.15) is 12.8 Å². The molecule has 0 atom stereocenters. The molecule has 0 unspecified atom stereocenters. The molecule has 0 rings (SSSR count). The molecule has 0 fully saturated rings. The number of carbonyl (C=O) groups is 2. The van der Waals surface area contributed by atoms with Crippen LogP contribution in [0, 0.1) is 5.41 Å². The van der Waals surface area contributed by atoms with Crippen molar-refractivity contribution in [1.29, 1.82) is 0 Å². The second-order valence-electron chi connectivity index (χ2n) is 5.63. The molecule has 0 aromatic heterocycles. The summed E-state index contributed by atoms with van der Waals surface area (Å²) in [7, 11) is 3.13. The van der Waals surface area contributed by atoms with Crippen molar-refractivity contribution in [2.24, 2.45) is 5.41 Å². The van der Waals surface area contributed by atoms with Crippen LogP contribution >= 0.6 is 0 Å². The topological polar surface area (TPSA) is 130 Å². The van der Waals surface area contributed by atoms with E-state index >= 15 is 0 Å². The smallest absolute Gasteiger partial charge is 0.321 e. The number of carboxylic acids is 2. The van der Waals surface area contributed by atoms with Crippen LogP contribution in [0.2, 0.25) is 0 Å². The largest absolute Gasteiger partial charge is 0.480 e. The number of hydrogen-bond donors (Lipinski definition) is 2. The summed E-state index contributed by atoms with van der Waals surface area (Å²) >= 11 is 0. The van der Waals surface area contributed by atoms with Gasteiger partial charge in [0, 0.05) is 27.4 Å². The summed E-state index contributed by atoms with van der Waals surface area (Å²) < 4.78 is 30.6. The molecular weight excluding hydrogens is 364 g/mol. The third-order valence-electron chi connectivity index (χ3n) is 3.77. The summed E-state index contributed by atoms with van der Waals surface area (Å²) in [6.45, 7) is 2.92. The van der Waals surface area contributed by atoms with Gasteiger partial charge in [-0.2, -0.15) is 0 Å². The Hall–Kier alpha value is -1.30. The molecule has 0 saturated heterocycles. The Morgan fingerprint density at radius 2 is 0.889 bits per heavy atom. The quantitative estimate of drug-likeness (QED) is 0.219. The van der Waals surface area contributed by atoms with Gasteiger partial charge in [-0.05, 0) is 12.8 Å². The van der Waals surface area contributed by atoms with Crippen molar-refractivity contribution in [2.45, 2.75) is 12.8 Å². The van der Waals surface area contributed by atoms with Crippen molar-refractivity contribution in [3.05, 3.63) is 0 Å². The van der Waals surface area contributed by atoms with Gasteiger partial charge in [-0.1, -0.05) is 0 Å². The molecule has 0 spiro atoms. The molecule has 0 saturated carbocycles. The zero-order chi connectivity index (χ0) is 20.4. The maximum absolute atomic E-state index is 11.6. The van der Waals surface area contributed by atoms with Gasteiger partial charge in [-0.25, -0.2) is 0 Å². The van der Waals surface area contributed by atoms with Crippen LogP contribution < -0.4 is 0 Å². The van der Waals surface area contributed by atoms with Gasteiger partial charge in [0.2, 0.25) is 0 Å². The van der Waals surface area contributed by atoms with Crippen LogP contribution in [-0.2, 0) is 38.0 Å². The van der Waals surface area contributed by atoms with Gasteiger partial charge in [-0.3, -0.25) is 9.59 Å². The molecule has 10 nitrogen and oxygen atoms in total. The molecule has 0 aliphatic rings. The van der Waals surface area contributed by atoms with E-state index in [0.717, 1.165) is 0 Å². The first kappa shape index (κ1) is 25.7. The molecule has 27 heavy (non-hydrogen) atoms. The van der Waals surface area contributed by atoms with Gasteiger partial charge in [-0.15, -0.1) is 0 Å². The minimum Gasteiger partial charge on any atom is -0.480 e. The Morgan fingerprint density at radius 3 is 1.19 bits per heavy atom. The van der Waals surface area contributed by atoms with Crippen LogP contribution in [0.3, 0.4) is 0 Å². The molecule has 0 aliphatic heterocycles. The third kappa shape index (κ3) is 11.9. The van der Waals surface area contributed by atoms with Gasteiger partial charge in [0.15, 0.2) is 5.41 Å². The van der Waals surface area contributed by atoms with Gasteiger partial charge < -0.3 is 38.6 Å². The van der Waals surface area contributed by atoms with Crippen molar-refractivity contribution in [2.75, 3.05) is 80.3 Å². The fraction of sp³-hybridized carbons (Fsp3) is 0.882. The third-order valence-corrected chi connectivity index (χ3v) is 3.77. The summed E-state index contributed by atoms with van der Waals surface area (Å²) in [5, 5.41) is 18.8. The lowest BCUT2D eigenvalue weighted by Gasteiger charge is -2.24. The fourth-order valence-electron chi connectivity index (χ4n) is 2.07. The van der Waals surface area contributed by atoms with Crippen molar-refractivity contribution in [3.8, 4) is 0 Å². The van der Waals surface area contributed by atoms with Crippen molar-refractivity contribution >= 4 is 11.9 Å². The van der Waals surface area contributed by atoms with E-state index < -0.39 is 17.4 Å². The molecule has 0 heterocycles. The summed E-state index contributed by atoms with van der Waals surface area (Å²) in [5.74, 6) is -2.82. The second kappa shape index (κ2) is 16.8. The molecule has 0 aliphatic carbocycles. The first-order valence-corrected chi connectivity index (χ1v) is 8.77. The molecule has 0 aromatic rings. The lowest BCUT2D eigenvalue weighted by molar-refractivity contribution is -0.168. The van der Waals surface area contributed by atoms with E-state index in [4.69, 9.17) is 28.4 Å². The van der Waals surface area contributed by atoms with Gasteiger partial charge in [0.05, 0.1) is 52.9 Å². The summed E-state index contributed by atoms with van der Waals surface area (Å²) in [5.41, 5.74) is -1.95. The van der Waals surface area contributed by atoms with Crippen LogP contribution in [0.4, 0.5) is 0 Å². The highest BCUT2D eigenvalue weighted by atomic mass is 16.5. The van der Waals surface area contributed by atoms with E-state index in [1.165, 1.54) is 0 Å². The Kier molecular flexibility index (Phi) is 16.0. The maximum atomic E-state index is 11.6. The predicted molar refractivity (Wildman–Crippen MR) is 94.0 cm³/mol. The number of hydrogen-bond acceptors (Lipinski definition) is 8. The van der Waals surface area contributed by atoms with Crippen molar-refractivity contribution in [1.82, 2.24) is 0 Å². The minimum atomic E-state index is -1.95. The van der Waals surface area contributed by atoms with E-state index in [2.05, 4.69) is 0 Å². The lowest BCUT2D eigenvalue weighted by atomic mass is 9.81. The van der Waals surface area contributed by atoms with Crippen molar-refractivity contribution < 1.29 is 48.2 Å². The standard InChI is InChI=1S/C17H32O10/c1-22-7-9-26-13-11-24-5-3-17(15(18)19,16(20)21)4-6-25-12-14-27-10-8-23-2/h3-14H2,1-2H3,(H,18,19)(H,20,21). The lowest BCUT2D eigenvalue weighted by Crippen LogP contribution is -2.41. The Bertz CT molecular complexity index is 352. The number of ether oxygens (including phenoxy) is 6. The van der Waals surface area contributed by atoms with Crippen LogP contribution in [-0.4, -0.2) is 102 Å². The zero-order valence-electron chi connectivity index (χ0n) is 16.1. The number of rotatable bonds is 20. The second-order valence-corrected chi connectivity index (χ2v) is 5.63. The van der Waals surface area contributed by atoms with Gasteiger partial charge >= 0.3 is 11.9 Å². The van der Waals surface area contributed by atoms with Gasteiger partial charge in [0.25, 0.3) is 0 Å². The Morgan fingerprint density at radius 1 is 0.593 bits per heavy atom. The first-order chi connectivity index (χ1) is 13.0. The van der Waals surface area contributed by atoms with Crippen LogP contribution in [0.15, 0.2) is 0 Å². The average Bonchev–Trinajstić information content (AvgIpc) is 2.63. The molecule has 0 aromatic carbocycles. The van der Waals surface area contributed by atoms with E-state index in [0.29, 0.717) is 39.6 Å². The highest BCUT2D eigenvalue weighted by molar-refractivity contribution is 5.98. The number of methoxy groups -OCH3 is 2. The molecule has 0 amide bonds. The molecular formula is C17H32O10. The van der Waals surface area contributed by atoms with Crippen LogP contribution in [0.25, 0.3) is 0 Å². The normalized spacial score (nSPS) is 11.6. The van der Waals surface area contributed by atoms with Crippen LogP contribution in [0.5, 0.6) is 0 Å². The molecule has 0 bridgehead atoms. The maximum Gasteiger partial charge on any atom is 0.321 e. The van der Waals surface area contributed by atoms with Gasteiger partial charge in [0.1, 0.15) is 0 Å².